The van der Waals surface area contributed by atoms with Crippen molar-refractivity contribution in [3.63, 3.8) is 0 Å². The van der Waals surface area contributed by atoms with Crippen LogP contribution in [0.1, 0.15) is 263 Å². The molecular weight excluding hydrogens is 3170 g/mol. The molecule has 0 bridgehead atoms. The second kappa shape index (κ2) is 63.8. The summed E-state index contributed by atoms with van der Waals surface area (Å²) in [5.41, 5.74) is 25.5. The molecule has 21 heteroatoms. The Morgan fingerprint density at radius 2 is 0.520 bits per heavy atom. The summed E-state index contributed by atoms with van der Waals surface area (Å²) in [6.45, 7) is 45.2. The number of pyridine rings is 7. The largest absolute Gasteiger partial charge is 0.305 e. The Morgan fingerprint density at radius 1 is 0.264 bits per heavy atom. The van der Waals surface area contributed by atoms with Crippen LogP contribution in [0.4, 0.5) is 0 Å². The summed E-state index contributed by atoms with van der Waals surface area (Å²) < 4.78 is 0. The van der Waals surface area contributed by atoms with Crippen LogP contribution in [0.15, 0.2) is 255 Å². The molecule has 0 saturated heterocycles. The van der Waals surface area contributed by atoms with Crippen LogP contribution in [0.2, 0.25) is 98.2 Å². The predicted molar refractivity (Wildman–Crippen MR) is 626 cm³/mol. The van der Waals surface area contributed by atoms with Crippen LogP contribution in [-0.2, 0) is 141 Å². The van der Waals surface area contributed by atoms with Crippen LogP contribution in [0.3, 0.4) is 0 Å². The van der Waals surface area contributed by atoms with E-state index in [1.807, 2.05) is 97.1 Å². The van der Waals surface area contributed by atoms with Gasteiger partial charge in [0.2, 0.25) is 0 Å². The van der Waals surface area contributed by atoms with Crippen molar-refractivity contribution in [3.8, 4) is 78.8 Å². The summed E-state index contributed by atoms with van der Waals surface area (Å²) in [5.74, 6) is 4.63. The third-order valence-electron chi connectivity index (χ3n) is 29.5. The number of hydrogen-bond donors (Lipinski definition) is 0. The Balaban J connectivity index is 0.000000262. The van der Waals surface area contributed by atoms with Gasteiger partial charge >= 0.3 is 0 Å². The molecule has 5 fully saturated rings. The maximum absolute atomic E-state index is 5.09. The van der Waals surface area contributed by atoms with Gasteiger partial charge in [0.1, 0.15) is 0 Å². The third-order valence-corrected chi connectivity index (χ3v) is 41.3. The zero-order chi connectivity index (χ0) is 100. The molecule has 2 unspecified atom stereocenters. The maximum atomic E-state index is 5.09. The van der Waals surface area contributed by atoms with Gasteiger partial charge in [-0.15, -0.1) is 251 Å². The van der Waals surface area contributed by atoms with Crippen LogP contribution in [0, 0.1) is 42.5 Å². The van der Waals surface area contributed by atoms with E-state index >= 15 is 0 Å². The second-order valence-electron chi connectivity index (χ2n) is 45.5. The molecule has 14 aromatic rings. The van der Waals surface area contributed by atoms with E-state index in [1.54, 1.807) is 26.7 Å². The molecule has 0 spiro atoms. The molecule has 0 aliphatic heterocycles. The summed E-state index contributed by atoms with van der Waals surface area (Å²) >= 11 is 0. The normalized spacial score (nSPS) is 14.8. The molecule has 0 N–H and O–H groups in total. The first-order valence-electron chi connectivity index (χ1n) is 53.5. The topological polar surface area (TPSA) is 90.2 Å². The van der Waals surface area contributed by atoms with Gasteiger partial charge in [-0.3, -0.25) is 0 Å². The first-order chi connectivity index (χ1) is 67.7. The van der Waals surface area contributed by atoms with Gasteiger partial charge in [-0.05, 0) is 178 Å². The molecule has 7 aromatic carbocycles. The van der Waals surface area contributed by atoms with Crippen molar-refractivity contribution < 1.29 is 141 Å². The van der Waals surface area contributed by atoms with Crippen LogP contribution in [-0.4, -0.2) is 95.7 Å². The Hall–Kier alpha value is -5.35. The van der Waals surface area contributed by atoms with Gasteiger partial charge in [0.05, 0.1) is 40.4 Å². The van der Waals surface area contributed by atoms with E-state index in [0.29, 0.717) is 29.6 Å². The van der Waals surface area contributed by atoms with E-state index in [0.717, 1.165) is 124 Å². The molecule has 5 saturated carbocycles. The summed E-state index contributed by atoms with van der Waals surface area (Å²) in [4.78, 5) is 34.0. The third kappa shape index (κ3) is 38.0. The molecular formula is C127H160Ir7N7Si7-7. The fraction of sp³-hybridized carbons (Fsp3) is 0.394. The standard InChI is InChI=1S/2C20H26NSi.3C19H24NSi.2C15H18NSi.7Ir/c1-22(2,3)20-15-21-19(17-12-8-5-9-13-17)14-18(20)16-10-6-4-7-11-16;1-22(2,3)18-14-19(16-10-6-4-7-11-16)20(21-15-18)17-12-8-5-9-13-17;1-21(2,3)19-14-20-18(16-11-5-4-6-12-16)13-17(19)15-9-7-8-10-15;1-21(2,3)17-13-18(15-9-7-8-10-15)19(20-14-17)16-11-5-4-6-12-16;1-21(2,3)18-14-13-17(15-9-5-4-6-10-15)20-19(18)16-11-7-8-12-16;2*1-3-11(2)15-14(17)10-9-13(16-15)12-7-5-4-6-8-12;;;;;;;/h2*5,8-9,12,14-16H,4,6-7,10-11H2,1-3H3;2*4-6,11,13-15H,7-10H2,1-3H3;4-6,9,13-14,16H,7-8,11-12H2,1-3H3;2*4-7,9-11H,3H2,1-2,17H3;;;;;;;/q7*-1;;;;;;;. The van der Waals surface area contributed by atoms with Gasteiger partial charge in [-0.1, -0.05) is 296 Å². The zero-order valence-corrected chi connectivity index (χ0v) is 117. The average Bonchev–Trinajstić information content (AvgIpc) is 1.19. The van der Waals surface area contributed by atoms with Crippen LogP contribution >= 0.6 is 0 Å². The predicted octanol–water partition coefficient (Wildman–Crippen LogP) is 28.6. The molecule has 5 aliphatic rings. The minimum atomic E-state index is -1.36. The van der Waals surface area contributed by atoms with Gasteiger partial charge in [0.15, 0.2) is 0 Å². The van der Waals surface area contributed by atoms with Crippen molar-refractivity contribution in [2.45, 2.75) is 321 Å². The molecule has 148 heavy (non-hydrogen) atoms. The van der Waals surface area contributed by atoms with E-state index in [-0.39, 0.29) is 141 Å². The summed E-state index contributed by atoms with van der Waals surface area (Å²) in [6, 6.07) is 103. The maximum Gasteiger partial charge on any atom is 0.0799 e. The number of nitrogens with zero attached hydrogens (tertiary/aromatic N) is 7. The van der Waals surface area contributed by atoms with E-state index in [9.17, 15) is 0 Å². The fourth-order valence-corrected chi connectivity index (χ4v) is 29.1. The molecule has 7 nitrogen and oxygen atoms in total. The van der Waals surface area contributed by atoms with E-state index in [1.165, 1.54) is 190 Å². The van der Waals surface area contributed by atoms with Crippen molar-refractivity contribution in [2.75, 3.05) is 0 Å². The van der Waals surface area contributed by atoms with Gasteiger partial charge in [0, 0.05) is 209 Å². The minimum Gasteiger partial charge on any atom is -0.305 e. The SMILES string of the molecule is CCC(C)c1nc(-c2[c-]cccc2)ccc1[SiH3].CCC(C)c1nc(-c2[c-]cccc2)ccc1[SiH3].C[Si](C)(C)c1ccc(-c2[c-]cccc2)nc1C1CCCC1.C[Si](C)(C)c1cnc(-c2[c-]cccc2)c(C2CCCC2)c1.C[Si](C)(C)c1cnc(-c2[c-]cccc2)c(C2CCCCC2)c1.C[Si](C)(C)c1cnc(-c2[c-]cccc2)cc1C1CCCC1.C[Si](C)(C)c1cnc(-c2[c-]cccc2)cc1C1CCCCC1.[Ir].[Ir].[Ir].[Ir].[Ir].[Ir].[Ir]. The van der Waals surface area contributed by atoms with Gasteiger partial charge in [0.25, 0.3) is 0 Å². The van der Waals surface area contributed by atoms with Crippen molar-refractivity contribution in [3.05, 3.63) is 337 Å². The second-order valence-corrected chi connectivity index (χ2v) is 72.9. The van der Waals surface area contributed by atoms with E-state index in [4.69, 9.17) is 34.9 Å². The fourth-order valence-electron chi connectivity index (χ4n) is 20.7. The van der Waals surface area contributed by atoms with Gasteiger partial charge in [-0.2, -0.15) is 0 Å². The monoisotopic (exact) mass is 3330 g/mol. The molecule has 0 amide bonds. The number of aromatic nitrogens is 7. The summed E-state index contributed by atoms with van der Waals surface area (Å²) in [6.07, 6.45) is 40.6. The Kier molecular flexibility index (Phi) is 56.6. The van der Waals surface area contributed by atoms with E-state index in [2.05, 4.69) is 327 Å². The molecule has 801 valence electrons. The van der Waals surface area contributed by atoms with Crippen molar-refractivity contribution in [2.24, 2.45) is 0 Å². The molecule has 2 atom stereocenters. The first-order valence-corrected chi connectivity index (χ1v) is 73.0. The summed E-state index contributed by atoms with van der Waals surface area (Å²) in [5, 5.41) is 10.4. The van der Waals surface area contributed by atoms with Crippen molar-refractivity contribution in [1.29, 1.82) is 0 Å². The van der Waals surface area contributed by atoms with Crippen molar-refractivity contribution in [1.82, 2.24) is 34.9 Å². The average molecular weight is 3330 g/mol. The Morgan fingerprint density at radius 3 is 0.791 bits per heavy atom. The Labute approximate surface area is 999 Å². The Bertz CT molecular complexity index is 6010. The molecule has 19 rings (SSSR count). The molecule has 7 heterocycles. The van der Waals surface area contributed by atoms with Gasteiger partial charge in [-0.25, -0.2) is 0 Å². The van der Waals surface area contributed by atoms with Crippen LogP contribution < -0.4 is 36.3 Å². The quantitative estimate of drug-likeness (QED) is 0.0523. The smallest absolute Gasteiger partial charge is 0.0799 e. The van der Waals surface area contributed by atoms with Gasteiger partial charge < -0.3 is 34.9 Å². The zero-order valence-electron chi connectivity index (χ0n) is 91.7. The molecule has 7 aromatic heterocycles. The number of hydrogen-bond acceptors (Lipinski definition) is 7. The number of rotatable bonds is 21. The molecule has 7 radical (unpaired) electrons. The van der Waals surface area contributed by atoms with Crippen LogP contribution in [0.5, 0.6) is 0 Å². The molecule has 5 aliphatic carbocycles. The van der Waals surface area contributed by atoms with Crippen LogP contribution in [0.25, 0.3) is 78.8 Å². The van der Waals surface area contributed by atoms with E-state index < -0.39 is 40.4 Å². The minimum absolute atomic E-state index is 0. The number of benzene rings is 7. The first kappa shape index (κ1) is 131. The summed E-state index contributed by atoms with van der Waals surface area (Å²) in [7, 11) is -4.55. The van der Waals surface area contributed by atoms with Crippen molar-refractivity contribution >= 4 is 97.2 Å².